The van der Waals surface area contributed by atoms with Crippen LogP contribution in [-0.2, 0) is 9.84 Å². The molecular weight excluding hydrogens is 286 g/mol. The molecule has 4 nitrogen and oxygen atoms in total. The predicted molar refractivity (Wildman–Crippen MR) is 86.0 cm³/mol. The van der Waals surface area contributed by atoms with Crippen molar-refractivity contribution < 1.29 is 13.5 Å². The molecule has 0 aromatic rings. The number of aliphatic hydroxyl groups excluding tert-OH is 1. The molecule has 1 saturated carbocycles. The second kappa shape index (κ2) is 6.55. The molecule has 21 heavy (non-hydrogen) atoms. The van der Waals surface area contributed by atoms with Gasteiger partial charge in [-0.25, -0.2) is 8.42 Å². The summed E-state index contributed by atoms with van der Waals surface area (Å²) in [7, 11) is -2.84. The second-order valence-electron chi connectivity index (χ2n) is 8.01. The Morgan fingerprint density at radius 2 is 1.86 bits per heavy atom. The first kappa shape index (κ1) is 17.2. The third-order valence-corrected chi connectivity index (χ3v) is 7.02. The van der Waals surface area contributed by atoms with Crippen molar-refractivity contribution in [1.29, 1.82) is 0 Å². The van der Waals surface area contributed by atoms with E-state index in [0.29, 0.717) is 29.5 Å². The van der Waals surface area contributed by atoms with E-state index in [2.05, 4.69) is 25.7 Å². The minimum absolute atomic E-state index is 0.219. The first-order valence-electron chi connectivity index (χ1n) is 8.28. The van der Waals surface area contributed by atoms with Gasteiger partial charge in [0.15, 0.2) is 9.84 Å². The zero-order chi connectivity index (χ0) is 15.7. The first-order chi connectivity index (χ1) is 9.67. The summed E-state index contributed by atoms with van der Waals surface area (Å²) in [5.74, 6) is 1.55. The van der Waals surface area contributed by atoms with Crippen molar-refractivity contribution in [2.75, 3.05) is 31.1 Å². The van der Waals surface area contributed by atoms with Crippen molar-refractivity contribution in [3.63, 3.8) is 0 Å². The van der Waals surface area contributed by atoms with Crippen LogP contribution in [0.3, 0.4) is 0 Å². The molecule has 0 spiro atoms. The van der Waals surface area contributed by atoms with Gasteiger partial charge in [-0.3, -0.25) is 0 Å². The number of rotatable bonds is 2. The van der Waals surface area contributed by atoms with Crippen molar-refractivity contribution in [1.82, 2.24) is 4.90 Å². The number of hydrogen-bond donors (Lipinski definition) is 1. The molecule has 1 heterocycles. The lowest BCUT2D eigenvalue weighted by molar-refractivity contribution is 0.00424. The summed E-state index contributed by atoms with van der Waals surface area (Å²) in [5, 5.41) is 10.3. The summed E-state index contributed by atoms with van der Waals surface area (Å²) in [4.78, 5) is 2.25. The van der Waals surface area contributed by atoms with Gasteiger partial charge in [-0.2, -0.15) is 0 Å². The Hall–Kier alpha value is -0.130. The molecular formula is C16H31NO3S. The number of aliphatic hydroxyl groups is 1. The summed E-state index contributed by atoms with van der Waals surface area (Å²) in [6.45, 7) is 9.18. The molecule has 1 N–H and O–H groups in total. The van der Waals surface area contributed by atoms with Gasteiger partial charge in [0.25, 0.3) is 0 Å². The number of nitrogens with zero attached hydrogens (tertiary/aromatic N) is 1. The molecule has 5 heteroatoms. The highest BCUT2D eigenvalue weighted by molar-refractivity contribution is 7.91. The van der Waals surface area contributed by atoms with E-state index < -0.39 is 9.84 Å². The molecule has 3 unspecified atom stereocenters. The van der Waals surface area contributed by atoms with Gasteiger partial charge in [0, 0.05) is 13.1 Å². The lowest BCUT2D eigenvalue weighted by Gasteiger charge is -2.41. The van der Waals surface area contributed by atoms with Crippen LogP contribution in [0.1, 0.15) is 46.5 Å². The van der Waals surface area contributed by atoms with Gasteiger partial charge in [0.1, 0.15) is 0 Å². The largest absolute Gasteiger partial charge is 0.393 e. The van der Waals surface area contributed by atoms with Crippen LogP contribution < -0.4 is 0 Å². The quantitative estimate of drug-likeness (QED) is 0.845. The van der Waals surface area contributed by atoms with Crippen LogP contribution in [0.5, 0.6) is 0 Å². The van der Waals surface area contributed by atoms with E-state index in [9.17, 15) is 13.5 Å². The van der Waals surface area contributed by atoms with E-state index in [0.717, 1.165) is 38.8 Å². The average Bonchev–Trinajstić information content (AvgIpc) is 2.52. The molecule has 0 aromatic heterocycles. The highest BCUT2D eigenvalue weighted by atomic mass is 32.2. The summed E-state index contributed by atoms with van der Waals surface area (Å²) >= 11 is 0. The topological polar surface area (TPSA) is 57.6 Å². The minimum atomic E-state index is -2.84. The van der Waals surface area contributed by atoms with E-state index in [1.54, 1.807) is 0 Å². The number of hydrogen-bond acceptors (Lipinski definition) is 4. The maximum atomic E-state index is 11.7. The molecule has 1 aliphatic heterocycles. The van der Waals surface area contributed by atoms with Gasteiger partial charge >= 0.3 is 0 Å². The normalized spacial score (nSPS) is 35.3. The van der Waals surface area contributed by atoms with Gasteiger partial charge in [-0.1, -0.05) is 20.8 Å². The van der Waals surface area contributed by atoms with Crippen LogP contribution >= 0.6 is 0 Å². The van der Waals surface area contributed by atoms with Crippen LogP contribution in [0.25, 0.3) is 0 Å². The standard InChI is InChI=1S/C16H31NO3S/c1-16(2,3)14-5-6-15(18)13(11-14)12-17-7-4-9-21(19,20)10-8-17/h13-15,18H,4-12H2,1-3H3. The molecule has 1 aliphatic carbocycles. The highest BCUT2D eigenvalue weighted by Gasteiger charge is 2.36. The Kier molecular flexibility index (Phi) is 5.37. The maximum Gasteiger partial charge on any atom is 0.151 e. The summed E-state index contributed by atoms with van der Waals surface area (Å²) in [6.07, 6.45) is 3.57. The molecule has 0 bridgehead atoms. The van der Waals surface area contributed by atoms with Crippen LogP contribution in [0.4, 0.5) is 0 Å². The van der Waals surface area contributed by atoms with Crippen molar-refractivity contribution in [2.45, 2.75) is 52.6 Å². The lowest BCUT2D eigenvalue weighted by Crippen LogP contribution is -2.42. The van der Waals surface area contributed by atoms with Crippen molar-refractivity contribution in [2.24, 2.45) is 17.3 Å². The summed E-state index contributed by atoms with van der Waals surface area (Å²) < 4.78 is 23.4. The summed E-state index contributed by atoms with van der Waals surface area (Å²) in [6, 6.07) is 0. The van der Waals surface area contributed by atoms with Crippen LogP contribution in [0.2, 0.25) is 0 Å². The zero-order valence-electron chi connectivity index (χ0n) is 13.7. The molecule has 0 aromatic carbocycles. The Labute approximate surface area is 129 Å². The van der Waals surface area contributed by atoms with Gasteiger partial charge in [0.05, 0.1) is 17.6 Å². The molecule has 0 radical (unpaired) electrons. The van der Waals surface area contributed by atoms with Crippen LogP contribution in [0.15, 0.2) is 0 Å². The molecule has 2 fully saturated rings. The fourth-order valence-corrected chi connectivity index (χ4v) is 5.04. The van der Waals surface area contributed by atoms with Crippen LogP contribution in [0, 0.1) is 17.3 Å². The molecule has 124 valence electrons. The summed E-state index contributed by atoms with van der Waals surface area (Å²) in [5.41, 5.74) is 0.292. The maximum absolute atomic E-state index is 11.7. The molecule has 2 rings (SSSR count). The molecule has 2 aliphatic rings. The molecule has 0 amide bonds. The highest BCUT2D eigenvalue weighted by Crippen LogP contribution is 2.40. The van der Waals surface area contributed by atoms with Crippen molar-refractivity contribution in [3.8, 4) is 0 Å². The predicted octanol–water partition coefficient (Wildman–Crippen LogP) is 1.93. The minimum Gasteiger partial charge on any atom is -0.393 e. The van der Waals surface area contributed by atoms with E-state index in [-0.39, 0.29) is 11.9 Å². The zero-order valence-corrected chi connectivity index (χ0v) is 14.5. The SMILES string of the molecule is CC(C)(C)C1CCC(O)C(CN2CCCS(=O)(=O)CC2)C1. The van der Waals surface area contributed by atoms with E-state index in [4.69, 9.17) is 0 Å². The first-order valence-corrected chi connectivity index (χ1v) is 10.1. The Balaban J connectivity index is 1.94. The molecule has 3 atom stereocenters. The smallest absolute Gasteiger partial charge is 0.151 e. The van der Waals surface area contributed by atoms with Gasteiger partial charge in [-0.05, 0) is 49.5 Å². The van der Waals surface area contributed by atoms with Crippen LogP contribution in [-0.4, -0.2) is 55.7 Å². The third-order valence-electron chi connectivity index (χ3n) is 5.31. The van der Waals surface area contributed by atoms with Crippen molar-refractivity contribution >= 4 is 9.84 Å². The fraction of sp³-hybridized carbons (Fsp3) is 1.00. The van der Waals surface area contributed by atoms with E-state index in [1.807, 2.05) is 0 Å². The van der Waals surface area contributed by atoms with Gasteiger partial charge in [0.2, 0.25) is 0 Å². The Morgan fingerprint density at radius 3 is 2.52 bits per heavy atom. The fourth-order valence-electron chi connectivity index (χ4n) is 3.74. The Morgan fingerprint density at radius 1 is 1.14 bits per heavy atom. The average molecular weight is 317 g/mol. The lowest BCUT2D eigenvalue weighted by atomic mass is 9.68. The monoisotopic (exact) mass is 317 g/mol. The van der Waals surface area contributed by atoms with Crippen molar-refractivity contribution in [3.05, 3.63) is 0 Å². The van der Waals surface area contributed by atoms with E-state index in [1.165, 1.54) is 0 Å². The number of sulfone groups is 1. The van der Waals surface area contributed by atoms with Gasteiger partial charge in [-0.15, -0.1) is 0 Å². The molecule has 1 saturated heterocycles. The second-order valence-corrected chi connectivity index (χ2v) is 10.3. The third kappa shape index (κ3) is 4.93. The Bertz CT molecular complexity index is 441. The van der Waals surface area contributed by atoms with Gasteiger partial charge < -0.3 is 10.0 Å². The van der Waals surface area contributed by atoms with E-state index >= 15 is 0 Å².